The molecule has 0 aromatic heterocycles. The molecule has 0 fully saturated rings. The molecule has 12 heavy (non-hydrogen) atoms. The Morgan fingerprint density at radius 2 is 2.08 bits per heavy atom. The number of rotatable bonds is 0. The third-order valence-corrected chi connectivity index (χ3v) is 1.65. The average molecular weight is 191 g/mol. The highest BCUT2D eigenvalue weighted by atomic mass is 35.5. The van der Waals surface area contributed by atoms with E-state index in [-0.39, 0.29) is 12.4 Å². The zero-order valence-electron chi connectivity index (χ0n) is 6.90. The Hall–Kier alpha value is -0.670. The first-order chi connectivity index (χ1) is 5.08. The van der Waals surface area contributed by atoms with Crippen LogP contribution in [0, 0.1) is 0 Å². The first-order valence-corrected chi connectivity index (χ1v) is 3.57. The summed E-state index contributed by atoms with van der Waals surface area (Å²) >= 11 is 0. The zero-order valence-corrected chi connectivity index (χ0v) is 7.72. The highest BCUT2D eigenvalue weighted by molar-refractivity contribution is 5.85. The molecule has 0 radical (unpaired) electrons. The van der Waals surface area contributed by atoms with Crippen molar-refractivity contribution < 1.29 is 14.6 Å². The topological polar surface area (TPSA) is 38.7 Å². The van der Waals surface area contributed by atoms with Gasteiger partial charge in [-0.3, -0.25) is 0 Å². The molecule has 1 heterocycles. The van der Waals surface area contributed by atoms with Gasteiger partial charge >= 0.3 is 0 Å². The summed E-state index contributed by atoms with van der Waals surface area (Å²) < 4.78 is 10.7. The van der Waals surface area contributed by atoms with E-state index >= 15 is 0 Å². The second-order valence-electron chi connectivity index (χ2n) is 3.14. The Balaban J connectivity index is 0.000000720. The summed E-state index contributed by atoms with van der Waals surface area (Å²) in [6, 6.07) is 0. The normalized spacial score (nSPS) is 29.1. The standard InChI is InChI=1S/C8H10O3.ClH/c1-8(2)10-6-4-3-5(9)7(6)11-8;/h3-5,9H,1-2H3;1H. The van der Waals surface area contributed by atoms with Crippen LogP contribution in [0.2, 0.25) is 0 Å². The molecule has 2 rings (SSSR count). The van der Waals surface area contributed by atoms with Crippen LogP contribution in [-0.2, 0) is 9.47 Å². The molecule has 68 valence electrons. The van der Waals surface area contributed by atoms with Crippen molar-refractivity contribution >= 4 is 12.4 Å². The van der Waals surface area contributed by atoms with E-state index in [1.54, 1.807) is 12.2 Å². The van der Waals surface area contributed by atoms with Crippen LogP contribution in [0.1, 0.15) is 13.8 Å². The molecule has 0 aromatic rings. The van der Waals surface area contributed by atoms with E-state index in [2.05, 4.69) is 0 Å². The Bertz CT molecular complexity index is 255. The fourth-order valence-corrected chi connectivity index (χ4v) is 1.24. The highest BCUT2D eigenvalue weighted by Crippen LogP contribution is 2.36. The fraction of sp³-hybridized carbons (Fsp3) is 0.500. The van der Waals surface area contributed by atoms with Crippen molar-refractivity contribution in [2.45, 2.75) is 25.7 Å². The number of hydrogen-bond donors (Lipinski definition) is 1. The molecule has 3 nitrogen and oxygen atoms in total. The Kier molecular flexibility index (Phi) is 2.10. The molecule has 0 spiro atoms. The van der Waals surface area contributed by atoms with Crippen molar-refractivity contribution in [3.05, 3.63) is 23.7 Å². The summed E-state index contributed by atoms with van der Waals surface area (Å²) in [4.78, 5) is 0. The number of hydrogen-bond acceptors (Lipinski definition) is 3. The molecular weight excluding hydrogens is 180 g/mol. The summed E-state index contributed by atoms with van der Waals surface area (Å²) in [5.41, 5.74) is 0. The number of aliphatic hydroxyl groups excluding tert-OH is 1. The lowest BCUT2D eigenvalue weighted by Gasteiger charge is -2.20. The van der Waals surface area contributed by atoms with Crippen molar-refractivity contribution in [2.24, 2.45) is 0 Å². The number of halogens is 1. The number of ether oxygens (including phenoxy) is 2. The van der Waals surface area contributed by atoms with Gasteiger partial charge in [0, 0.05) is 13.8 Å². The first kappa shape index (κ1) is 9.42. The van der Waals surface area contributed by atoms with Crippen LogP contribution in [0.3, 0.4) is 0 Å². The van der Waals surface area contributed by atoms with Crippen LogP contribution in [0.15, 0.2) is 23.7 Å². The molecule has 0 saturated heterocycles. The maximum Gasteiger partial charge on any atom is 0.245 e. The van der Waals surface area contributed by atoms with Crippen LogP contribution in [0.5, 0.6) is 0 Å². The van der Waals surface area contributed by atoms with E-state index in [4.69, 9.17) is 9.47 Å². The van der Waals surface area contributed by atoms with Crippen LogP contribution in [0.4, 0.5) is 0 Å². The molecule has 1 aliphatic heterocycles. The van der Waals surface area contributed by atoms with Crippen LogP contribution < -0.4 is 0 Å². The predicted octanol–water partition coefficient (Wildman–Crippen LogP) is 1.33. The van der Waals surface area contributed by atoms with Gasteiger partial charge in [-0.05, 0) is 12.2 Å². The Labute approximate surface area is 77.1 Å². The van der Waals surface area contributed by atoms with Gasteiger partial charge in [0.15, 0.2) is 11.5 Å². The largest absolute Gasteiger partial charge is 0.450 e. The third-order valence-electron chi connectivity index (χ3n) is 1.65. The van der Waals surface area contributed by atoms with E-state index < -0.39 is 11.9 Å². The van der Waals surface area contributed by atoms with Gasteiger partial charge in [0.1, 0.15) is 6.10 Å². The summed E-state index contributed by atoms with van der Waals surface area (Å²) in [6.07, 6.45) is 2.75. The van der Waals surface area contributed by atoms with Crippen LogP contribution >= 0.6 is 12.4 Å². The summed E-state index contributed by atoms with van der Waals surface area (Å²) in [5.74, 6) is 0.577. The van der Waals surface area contributed by atoms with Crippen molar-refractivity contribution in [3.63, 3.8) is 0 Å². The minimum atomic E-state index is -0.619. The Morgan fingerprint density at radius 3 is 2.67 bits per heavy atom. The Morgan fingerprint density at radius 1 is 1.42 bits per heavy atom. The lowest BCUT2D eigenvalue weighted by Crippen LogP contribution is -2.23. The van der Waals surface area contributed by atoms with Crippen molar-refractivity contribution in [1.29, 1.82) is 0 Å². The van der Waals surface area contributed by atoms with Crippen molar-refractivity contribution in [2.75, 3.05) is 0 Å². The van der Waals surface area contributed by atoms with Gasteiger partial charge in [-0.15, -0.1) is 12.4 Å². The second kappa shape index (κ2) is 2.68. The number of allylic oxidation sites excluding steroid dienone is 1. The molecule has 1 N–H and O–H groups in total. The van der Waals surface area contributed by atoms with Gasteiger partial charge in [-0.1, -0.05) is 0 Å². The van der Waals surface area contributed by atoms with Gasteiger partial charge in [0.2, 0.25) is 5.79 Å². The highest BCUT2D eigenvalue weighted by Gasteiger charge is 2.37. The van der Waals surface area contributed by atoms with E-state index in [1.165, 1.54) is 0 Å². The van der Waals surface area contributed by atoms with Crippen LogP contribution in [-0.4, -0.2) is 17.0 Å². The second-order valence-corrected chi connectivity index (χ2v) is 3.14. The maximum atomic E-state index is 9.28. The minimum Gasteiger partial charge on any atom is -0.450 e. The predicted molar refractivity (Wildman–Crippen MR) is 45.7 cm³/mol. The van der Waals surface area contributed by atoms with Gasteiger partial charge in [-0.25, -0.2) is 0 Å². The average Bonchev–Trinajstić information content (AvgIpc) is 2.31. The third kappa shape index (κ3) is 1.30. The smallest absolute Gasteiger partial charge is 0.245 e. The molecule has 2 aliphatic rings. The minimum absolute atomic E-state index is 0. The lowest BCUT2D eigenvalue weighted by molar-refractivity contribution is -0.128. The van der Waals surface area contributed by atoms with Crippen LogP contribution in [0.25, 0.3) is 0 Å². The molecule has 0 saturated carbocycles. The van der Waals surface area contributed by atoms with E-state index in [0.717, 1.165) is 0 Å². The molecule has 0 bridgehead atoms. The lowest BCUT2D eigenvalue weighted by atomic mass is 10.3. The monoisotopic (exact) mass is 190 g/mol. The molecule has 1 aliphatic carbocycles. The molecule has 0 amide bonds. The van der Waals surface area contributed by atoms with Crippen molar-refractivity contribution in [3.8, 4) is 0 Å². The van der Waals surface area contributed by atoms with Gasteiger partial charge in [0.25, 0.3) is 0 Å². The summed E-state index contributed by atoms with van der Waals surface area (Å²) in [7, 11) is 0. The molecule has 1 unspecified atom stereocenters. The molecule has 0 aromatic carbocycles. The first-order valence-electron chi connectivity index (χ1n) is 3.57. The SMILES string of the molecule is CC1(C)OC2=C(O1)C(O)C=C2.Cl. The number of aliphatic hydroxyl groups is 1. The zero-order chi connectivity index (χ0) is 8.06. The molecule has 4 heteroatoms. The van der Waals surface area contributed by atoms with E-state index in [1.807, 2.05) is 13.8 Å². The quantitative estimate of drug-likeness (QED) is 0.627. The van der Waals surface area contributed by atoms with E-state index in [0.29, 0.717) is 11.5 Å². The summed E-state index contributed by atoms with van der Waals surface area (Å²) in [6.45, 7) is 3.62. The molecule has 1 atom stereocenters. The van der Waals surface area contributed by atoms with E-state index in [9.17, 15) is 5.11 Å². The fourth-order valence-electron chi connectivity index (χ4n) is 1.24. The van der Waals surface area contributed by atoms with Gasteiger partial charge in [0.05, 0.1) is 0 Å². The van der Waals surface area contributed by atoms with Gasteiger partial charge < -0.3 is 14.6 Å². The summed E-state index contributed by atoms with van der Waals surface area (Å²) in [5, 5.41) is 9.28. The van der Waals surface area contributed by atoms with Crippen molar-refractivity contribution in [1.82, 2.24) is 0 Å². The molecular formula is C8H11ClO3. The maximum absolute atomic E-state index is 9.28. The van der Waals surface area contributed by atoms with Gasteiger partial charge in [-0.2, -0.15) is 0 Å².